The lowest BCUT2D eigenvalue weighted by Gasteiger charge is -2.06. The highest BCUT2D eigenvalue weighted by molar-refractivity contribution is 7.84. The molecule has 6 heteroatoms. The van der Waals surface area contributed by atoms with Crippen molar-refractivity contribution in [1.82, 2.24) is 9.97 Å². The van der Waals surface area contributed by atoms with E-state index in [9.17, 15) is 4.21 Å². The standard InChI is InChI=1S/C8H14N4OS/c1-2-14(13)4-3-11-8-7(9)5-10-6-12-8/h5-6H,2-4,9H2,1H3,(H,10,11,12). The van der Waals surface area contributed by atoms with Gasteiger partial charge in [-0.1, -0.05) is 6.92 Å². The second-order valence-electron chi connectivity index (χ2n) is 2.69. The van der Waals surface area contributed by atoms with E-state index < -0.39 is 10.8 Å². The molecule has 0 saturated carbocycles. The zero-order valence-electron chi connectivity index (χ0n) is 8.06. The fraction of sp³-hybridized carbons (Fsp3) is 0.500. The van der Waals surface area contributed by atoms with Crippen molar-refractivity contribution < 1.29 is 4.21 Å². The van der Waals surface area contributed by atoms with E-state index in [-0.39, 0.29) is 0 Å². The summed E-state index contributed by atoms with van der Waals surface area (Å²) in [5.74, 6) is 1.90. The SMILES string of the molecule is CCS(=O)CCNc1ncncc1N. The number of nitrogens with two attached hydrogens (primary N) is 1. The Labute approximate surface area is 85.6 Å². The van der Waals surface area contributed by atoms with Crippen LogP contribution in [0.1, 0.15) is 6.92 Å². The lowest BCUT2D eigenvalue weighted by Crippen LogP contribution is -2.13. The first-order valence-corrected chi connectivity index (χ1v) is 5.87. The first-order valence-electron chi connectivity index (χ1n) is 4.38. The molecule has 1 heterocycles. The molecule has 0 radical (unpaired) electrons. The smallest absolute Gasteiger partial charge is 0.152 e. The summed E-state index contributed by atoms with van der Waals surface area (Å²) in [7, 11) is -0.754. The number of rotatable bonds is 5. The Morgan fingerprint density at radius 2 is 2.43 bits per heavy atom. The van der Waals surface area contributed by atoms with Gasteiger partial charge in [0.15, 0.2) is 5.82 Å². The topological polar surface area (TPSA) is 80.9 Å². The maximum atomic E-state index is 11.1. The third-order valence-corrected chi connectivity index (χ3v) is 2.99. The zero-order valence-corrected chi connectivity index (χ0v) is 8.88. The van der Waals surface area contributed by atoms with Crippen LogP contribution in [0.25, 0.3) is 0 Å². The molecule has 1 atom stereocenters. The number of nitrogen functional groups attached to an aromatic ring is 1. The van der Waals surface area contributed by atoms with E-state index in [2.05, 4.69) is 15.3 Å². The third kappa shape index (κ3) is 3.29. The van der Waals surface area contributed by atoms with Crippen LogP contribution >= 0.6 is 0 Å². The van der Waals surface area contributed by atoms with Crippen LogP contribution in [0.4, 0.5) is 11.5 Å². The van der Waals surface area contributed by atoms with Crippen molar-refractivity contribution >= 4 is 22.3 Å². The highest BCUT2D eigenvalue weighted by Crippen LogP contribution is 2.10. The number of nitrogens with zero attached hydrogens (tertiary/aromatic N) is 2. The van der Waals surface area contributed by atoms with Gasteiger partial charge in [0.25, 0.3) is 0 Å². The van der Waals surface area contributed by atoms with Gasteiger partial charge in [-0.2, -0.15) is 0 Å². The highest BCUT2D eigenvalue weighted by Gasteiger charge is 2.00. The Hall–Kier alpha value is -1.17. The maximum absolute atomic E-state index is 11.1. The van der Waals surface area contributed by atoms with Crippen molar-refractivity contribution in [3.63, 3.8) is 0 Å². The van der Waals surface area contributed by atoms with E-state index in [1.807, 2.05) is 6.92 Å². The second kappa shape index (κ2) is 5.54. The molecule has 3 N–H and O–H groups in total. The van der Waals surface area contributed by atoms with Crippen LogP contribution in [0.5, 0.6) is 0 Å². The van der Waals surface area contributed by atoms with Crippen LogP contribution in [-0.2, 0) is 10.8 Å². The molecule has 1 aromatic heterocycles. The zero-order chi connectivity index (χ0) is 10.4. The van der Waals surface area contributed by atoms with Gasteiger partial charge in [0.05, 0.1) is 11.9 Å². The fourth-order valence-electron chi connectivity index (χ4n) is 0.916. The van der Waals surface area contributed by atoms with Crippen LogP contribution < -0.4 is 11.1 Å². The van der Waals surface area contributed by atoms with Crippen LogP contribution in [0.2, 0.25) is 0 Å². The molecule has 0 aromatic carbocycles. The maximum Gasteiger partial charge on any atom is 0.152 e. The van der Waals surface area contributed by atoms with Crippen LogP contribution in [0.15, 0.2) is 12.5 Å². The van der Waals surface area contributed by atoms with Crippen LogP contribution in [0.3, 0.4) is 0 Å². The number of nitrogens with one attached hydrogen (secondary N) is 1. The Morgan fingerprint density at radius 3 is 3.07 bits per heavy atom. The highest BCUT2D eigenvalue weighted by atomic mass is 32.2. The fourth-order valence-corrected chi connectivity index (χ4v) is 1.53. The predicted molar refractivity (Wildman–Crippen MR) is 58.5 cm³/mol. The number of anilines is 2. The minimum Gasteiger partial charge on any atom is -0.394 e. The number of hydrogen-bond acceptors (Lipinski definition) is 5. The van der Waals surface area contributed by atoms with E-state index in [1.54, 1.807) is 0 Å². The molecule has 0 aliphatic heterocycles. The van der Waals surface area contributed by atoms with E-state index >= 15 is 0 Å². The lowest BCUT2D eigenvalue weighted by molar-refractivity contribution is 0.684. The average Bonchev–Trinajstić information content (AvgIpc) is 2.20. The van der Waals surface area contributed by atoms with E-state index in [4.69, 9.17) is 5.73 Å². The molecule has 0 saturated heterocycles. The van der Waals surface area contributed by atoms with Gasteiger partial charge >= 0.3 is 0 Å². The Bertz CT molecular complexity index is 318. The molecule has 78 valence electrons. The molecule has 1 rings (SSSR count). The van der Waals surface area contributed by atoms with E-state index in [0.29, 0.717) is 29.6 Å². The number of aromatic nitrogens is 2. The summed E-state index contributed by atoms with van der Waals surface area (Å²) in [6, 6.07) is 0. The Morgan fingerprint density at radius 1 is 1.64 bits per heavy atom. The first-order chi connectivity index (χ1) is 6.74. The largest absolute Gasteiger partial charge is 0.394 e. The quantitative estimate of drug-likeness (QED) is 0.733. The third-order valence-electron chi connectivity index (χ3n) is 1.68. The lowest BCUT2D eigenvalue weighted by atomic mass is 10.5. The van der Waals surface area contributed by atoms with Gasteiger partial charge in [-0.15, -0.1) is 0 Å². The van der Waals surface area contributed by atoms with Gasteiger partial charge in [0.2, 0.25) is 0 Å². The van der Waals surface area contributed by atoms with Crippen molar-refractivity contribution in [2.24, 2.45) is 0 Å². The molecular formula is C8H14N4OS. The molecule has 0 spiro atoms. The average molecular weight is 214 g/mol. The van der Waals surface area contributed by atoms with Gasteiger partial charge in [0, 0.05) is 28.9 Å². The van der Waals surface area contributed by atoms with Crippen molar-refractivity contribution in [3.8, 4) is 0 Å². The van der Waals surface area contributed by atoms with Crippen LogP contribution in [0, 0.1) is 0 Å². The Kier molecular flexibility index (Phi) is 4.31. The van der Waals surface area contributed by atoms with Gasteiger partial charge in [-0.05, 0) is 0 Å². The van der Waals surface area contributed by atoms with E-state index in [1.165, 1.54) is 12.5 Å². The predicted octanol–water partition coefficient (Wildman–Crippen LogP) is 0.239. The van der Waals surface area contributed by atoms with Crippen LogP contribution in [-0.4, -0.2) is 32.2 Å². The normalized spacial score (nSPS) is 12.4. The summed E-state index contributed by atoms with van der Waals surface area (Å²) in [5, 5.41) is 3.01. The van der Waals surface area contributed by atoms with Gasteiger partial charge in [-0.25, -0.2) is 9.97 Å². The van der Waals surface area contributed by atoms with Gasteiger partial charge in [-0.3, -0.25) is 4.21 Å². The molecule has 0 bridgehead atoms. The summed E-state index contributed by atoms with van der Waals surface area (Å²) in [4.78, 5) is 7.72. The van der Waals surface area contributed by atoms with Crippen molar-refractivity contribution in [1.29, 1.82) is 0 Å². The summed E-state index contributed by atoms with van der Waals surface area (Å²) >= 11 is 0. The monoisotopic (exact) mass is 214 g/mol. The van der Waals surface area contributed by atoms with Crippen molar-refractivity contribution in [3.05, 3.63) is 12.5 Å². The molecule has 0 aliphatic carbocycles. The molecule has 1 aromatic rings. The minimum atomic E-state index is -0.754. The summed E-state index contributed by atoms with van der Waals surface area (Å²) < 4.78 is 11.1. The molecule has 0 fully saturated rings. The van der Waals surface area contributed by atoms with Gasteiger partial charge < -0.3 is 11.1 Å². The molecule has 5 nitrogen and oxygen atoms in total. The van der Waals surface area contributed by atoms with Gasteiger partial charge in [0.1, 0.15) is 6.33 Å². The summed E-state index contributed by atoms with van der Waals surface area (Å²) in [5.41, 5.74) is 6.12. The summed E-state index contributed by atoms with van der Waals surface area (Å²) in [6.07, 6.45) is 2.96. The molecule has 1 unspecified atom stereocenters. The van der Waals surface area contributed by atoms with Crippen molar-refractivity contribution in [2.75, 3.05) is 29.1 Å². The molecular weight excluding hydrogens is 200 g/mol. The molecule has 0 aliphatic rings. The van der Waals surface area contributed by atoms with Crippen molar-refractivity contribution in [2.45, 2.75) is 6.92 Å². The first kappa shape index (κ1) is 10.9. The molecule has 0 amide bonds. The molecule has 14 heavy (non-hydrogen) atoms. The number of hydrogen-bond donors (Lipinski definition) is 2. The minimum absolute atomic E-state index is 0.509. The summed E-state index contributed by atoms with van der Waals surface area (Å²) in [6.45, 7) is 2.51. The second-order valence-corrected chi connectivity index (χ2v) is 4.55. The van der Waals surface area contributed by atoms with E-state index in [0.717, 1.165) is 0 Å². The Balaban J connectivity index is 2.39.